The van der Waals surface area contributed by atoms with Gasteiger partial charge in [0.2, 0.25) is 5.91 Å². The maximum absolute atomic E-state index is 13.2. The van der Waals surface area contributed by atoms with E-state index in [-0.39, 0.29) is 23.4 Å². The zero-order chi connectivity index (χ0) is 23.3. The molecule has 1 aliphatic rings. The molecule has 0 radical (unpaired) electrons. The van der Waals surface area contributed by atoms with Crippen LogP contribution in [0.2, 0.25) is 0 Å². The maximum atomic E-state index is 13.2. The Hall–Kier alpha value is -3.62. The van der Waals surface area contributed by atoms with Gasteiger partial charge in [-0.1, -0.05) is 38.1 Å². The van der Waals surface area contributed by atoms with Crippen LogP contribution in [0, 0.1) is 16.0 Å². The van der Waals surface area contributed by atoms with Crippen molar-refractivity contribution in [2.24, 2.45) is 5.92 Å². The van der Waals surface area contributed by atoms with Gasteiger partial charge >= 0.3 is 0 Å². The fraction of sp³-hybridized carbons (Fsp3) is 0.391. The summed E-state index contributed by atoms with van der Waals surface area (Å²) in [5, 5.41) is 14.2. The number of carbonyl (C=O) groups excluding carboxylic acids is 2. The Bertz CT molecular complexity index is 986. The third kappa shape index (κ3) is 4.99. The largest absolute Gasteiger partial charge is 0.496 e. The minimum absolute atomic E-state index is 0.0522. The Labute approximate surface area is 187 Å². The molecule has 3 rings (SSSR count). The Morgan fingerprint density at radius 1 is 1.03 bits per heavy atom. The van der Waals surface area contributed by atoms with Crippen molar-refractivity contribution < 1.29 is 19.2 Å². The second kappa shape index (κ2) is 10.1. The molecule has 32 heavy (non-hydrogen) atoms. The number of nitro groups is 1. The number of hydrogen-bond acceptors (Lipinski definition) is 6. The van der Waals surface area contributed by atoms with Crippen LogP contribution < -0.4 is 15.0 Å². The lowest BCUT2D eigenvalue weighted by Gasteiger charge is -2.38. The normalized spacial score (nSPS) is 14.8. The first kappa shape index (κ1) is 23.1. The van der Waals surface area contributed by atoms with Gasteiger partial charge in [-0.05, 0) is 24.1 Å². The second-order valence-electron chi connectivity index (χ2n) is 7.95. The average molecular weight is 441 g/mol. The zero-order valence-electron chi connectivity index (χ0n) is 18.5. The number of benzene rings is 2. The zero-order valence-corrected chi connectivity index (χ0v) is 18.5. The van der Waals surface area contributed by atoms with Crippen LogP contribution in [0.25, 0.3) is 0 Å². The summed E-state index contributed by atoms with van der Waals surface area (Å²) in [5.41, 5.74) is 0.973. The smallest absolute Gasteiger partial charge is 0.292 e. The van der Waals surface area contributed by atoms with E-state index < -0.39 is 11.0 Å². The highest BCUT2D eigenvalue weighted by Crippen LogP contribution is 2.28. The molecule has 2 aromatic rings. The first-order chi connectivity index (χ1) is 15.3. The number of amides is 2. The Balaban J connectivity index is 1.68. The molecular weight excluding hydrogens is 412 g/mol. The van der Waals surface area contributed by atoms with Gasteiger partial charge in [0.25, 0.3) is 11.6 Å². The Kier molecular flexibility index (Phi) is 7.29. The molecular formula is C23H28N4O5. The molecule has 1 atom stereocenters. The van der Waals surface area contributed by atoms with E-state index in [2.05, 4.69) is 5.32 Å². The van der Waals surface area contributed by atoms with Gasteiger partial charge in [-0.15, -0.1) is 0 Å². The quantitative estimate of drug-likeness (QED) is 0.524. The van der Waals surface area contributed by atoms with E-state index in [4.69, 9.17) is 4.74 Å². The molecule has 9 nitrogen and oxygen atoms in total. The lowest BCUT2D eigenvalue weighted by molar-refractivity contribution is -0.384. The molecule has 1 fully saturated rings. The third-order valence-electron chi connectivity index (χ3n) is 5.58. The van der Waals surface area contributed by atoms with Crippen molar-refractivity contribution in [1.82, 2.24) is 10.2 Å². The van der Waals surface area contributed by atoms with Crippen LogP contribution in [0.4, 0.5) is 11.4 Å². The van der Waals surface area contributed by atoms with Crippen molar-refractivity contribution in [2.75, 3.05) is 38.2 Å². The number of rotatable bonds is 7. The van der Waals surface area contributed by atoms with E-state index in [1.165, 1.54) is 13.2 Å². The SMILES string of the molecule is COc1ccccc1C(=O)NC(C(=O)N1CCN(c2ccccc2[N+](=O)[O-])CC1)C(C)C. The summed E-state index contributed by atoms with van der Waals surface area (Å²) in [4.78, 5) is 40.6. The fourth-order valence-corrected chi connectivity index (χ4v) is 3.82. The molecule has 0 aromatic heterocycles. The van der Waals surface area contributed by atoms with Crippen molar-refractivity contribution >= 4 is 23.2 Å². The number of anilines is 1. The van der Waals surface area contributed by atoms with E-state index in [9.17, 15) is 19.7 Å². The van der Waals surface area contributed by atoms with Gasteiger partial charge in [-0.2, -0.15) is 0 Å². The summed E-state index contributed by atoms with van der Waals surface area (Å²) in [6, 6.07) is 12.8. The summed E-state index contributed by atoms with van der Waals surface area (Å²) >= 11 is 0. The number of para-hydroxylation sites is 3. The summed E-state index contributed by atoms with van der Waals surface area (Å²) in [7, 11) is 1.49. The number of nitrogens with zero attached hydrogens (tertiary/aromatic N) is 3. The monoisotopic (exact) mass is 440 g/mol. The number of methoxy groups -OCH3 is 1. The van der Waals surface area contributed by atoms with Gasteiger partial charge in [0, 0.05) is 32.2 Å². The molecule has 0 bridgehead atoms. The topological polar surface area (TPSA) is 105 Å². The number of piperazine rings is 1. The van der Waals surface area contributed by atoms with Gasteiger partial charge in [-0.25, -0.2) is 0 Å². The second-order valence-corrected chi connectivity index (χ2v) is 7.95. The molecule has 1 unspecified atom stereocenters. The first-order valence-corrected chi connectivity index (χ1v) is 10.5. The molecule has 0 spiro atoms. The number of ether oxygens (including phenoxy) is 1. The van der Waals surface area contributed by atoms with Crippen molar-refractivity contribution in [1.29, 1.82) is 0 Å². The van der Waals surface area contributed by atoms with Crippen LogP contribution >= 0.6 is 0 Å². The molecule has 2 amide bonds. The van der Waals surface area contributed by atoms with E-state index in [0.717, 1.165) is 0 Å². The highest BCUT2D eigenvalue weighted by molar-refractivity contribution is 5.99. The number of nitrogens with one attached hydrogen (secondary N) is 1. The van der Waals surface area contributed by atoms with Gasteiger partial charge in [-0.3, -0.25) is 19.7 Å². The summed E-state index contributed by atoms with van der Waals surface area (Å²) in [6.45, 7) is 5.55. The summed E-state index contributed by atoms with van der Waals surface area (Å²) in [5.74, 6) is -0.203. The minimum atomic E-state index is -0.690. The van der Waals surface area contributed by atoms with Crippen molar-refractivity contribution in [3.8, 4) is 5.75 Å². The predicted molar refractivity (Wildman–Crippen MR) is 121 cm³/mol. The number of nitro benzene ring substituents is 1. The van der Waals surface area contributed by atoms with Crippen LogP contribution in [0.1, 0.15) is 24.2 Å². The van der Waals surface area contributed by atoms with Crippen molar-refractivity contribution in [3.63, 3.8) is 0 Å². The molecule has 170 valence electrons. The molecule has 2 aromatic carbocycles. The third-order valence-corrected chi connectivity index (χ3v) is 5.58. The molecule has 0 aliphatic carbocycles. The molecule has 0 saturated carbocycles. The van der Waals surface area contributed by atoms with E-state index in [1.807, 2.05) is 18.7 Å². The molecule has 1 saturated heterocycles. The lowest BCUT2D eigenvalue weighted by atomic mass is 10.0. The van der Waals surface area contributed by atoms with Crippen LogP contribution in [0.3, 0.4) is 0 Å². The van der Waals surface area contributed by atoms with Crippen LogP contribution in [-0.2, 0) is 4.79 Å². The van der Waals surface area contributed by atoms with Crippen LogP contribution in [0.15, 0.2) is 48.5 Å². The molecule has 9 heteroatoms. The fourth-order valence-electron chi connectivity index (χ4n) is 3.82. The summed E-state index contributed by atoms with van der Waals surface area (Å²) < 4.78 is 5.26. The van der Waals surface area contributed by atoms with Crippen LogP contribution in [0.5, 0.6) is 5.75 Å². The van der Waals surface area contributed by atoms with E-state index >= 15 is 0 Å². The average Bonchev–Trinajstić information content (AvgIpc) is 2.81. The first-order valence-electron chi connectivity index (χ1n) is 10.5. The highest BCUT2D eigenvalue weighted by atomic mass is 16.6. The van der Waals surface area contributed by atoms with E-state index in [0.29, 0.717) is 43.2 Å². The Morgan fingerprint density at radius 2 is 1.66 bits per heavy atom. The van der Waals surface area contributed by atoms with Gasteiger partial charge in [0.15, 0.2) is 0 Å². The van der Waals surface area contributed by atoms with E-state index in [1.54, 1.807) is 47.4 Å². The molecule has 1 aliphatic heterocycles. The summed E-state index contributed by atoms with van der Waals surface area (Å²) in [6.07, 6.45) is 0. The minimum Gasteiger partial charge on any atom is -0.496 e. The van der Waals surface area contributed by atoms with Crippen LogP contribution in [-0.4, -0.2) is 61.0 Å². The van der Waals surface area contributed by atoms with Gasteiger partial charge in [0.05, 0.1) is 17.6 Å². The number of hydrogen-bond donors (Lipinski definition) is 1. The number of carbonyl (C=O) groups is 2. The molecule has 1 heterocycles. The lowest BCUT2D eigenvalue weighted by Crippen LogP contribution is -2.56. The molecule has 1 N–H and O–H groups in total. The van der Waals surface area contributed by atoms with Gasteiger partial charge < -0.3 is 19.9 Å². The maximum Gasteiger partial charge on any atom is 0.292 e. The Morgan fingerprint density at radius 3 is 2.28 bits per heavy atom. The highest BCUT2D eigenvalue weighted by Gasteiger charge is 2.32. The van der Waals surface area contributed by atoms with Gasteiger partial charge in [0.1, 0.15) is 17.5 Å². The van der Waals surface area contributed by atoms with Crippen molar-refractivity contribution in [3.05, 3.63) is 64.2 Å². The standard InChI is InChI=1S/C23H28N4O5/c1-16(2)21(24-22(28)17-8-4-7-11-20(17)32-3)23(29)26-14-12-25(13-15-26)18-9-5-6-10-19(18)27(30)31/h4-11,16,21H,12-15H2,1-3H3,(H,24,28). The predicted octanol–water partition coefficient (Wildman–Crippen LogP) is 2.71. The van der Waals surface area contributed by atoms with Crippen molar-refractivity contribution in [2.45, 2.75) is 19.9 Å².